The van der Waals surface area contributed by atoms with Crippen LogP contribution in [0.15, 0.2) is 11.6 Å². The molecule has 1 spiro atoms. The number of carbonyl (C=O) groups is 2. The number of hydrogen-bond acceptors (Lipinski definition) is 4. The summed E-state index contributed by atoms with van der Waals surface area (Å²) in [6, 6.07) is 0. The second-order valence-corrected chi connectivity index (χ2v) is 15.1. The van der Waals surface area contributed by atoms with Crippen molar-refractivity contribution in [1.82, 2.24) is 0 Å². The molecule has 1 heterocycles. The van der Waals surface area contributed by atoms with Gasteiger partial charge < -0.3 is 9.84 Å². The number of fused-ring (bicyclic) bond motifs is 6. The van der Waals surface area contributed by atoms with Gasteiger partial charge in [0.1, 0.15) is 5.60 Å². The lowest BCUT2D eigenvalue weighted by atomic mass is 9.33. The number of ether oxygens (including phenoxy) is 1. The van der Waals surface area contributed by atoms with Crippen LogP contribution in [0.3, 0.4) is 0 Å². The molecule has 0 aromatic carbocycles. The van der Waals surface area contributed by atoms with Gasteiger partial charge in [-0.3, -0.25) is 9.59 Å². The van der Waals surface area contributed by atoms with E-state index >= 15 is 0 Å². The summed E-state index contributed by atoms with van der Waals surface area (Å²) in [7, 11) is 0. The molecule has 4 saturated carbocycles. The second-order valence-electron chi connectivity index (χ2n) is 15.1. The fourth-order valence-corrected chi connectivity index (χ4v) is 10.9. The number of rotatable bonds is 0. The molecule has 0 amide bonds. The Hall–Kier alpha value is -1.16. The summed E-state index contributed by atoms with van der Waals surface area (Å²) < 4.78 is 6.48. The first-order valence-electron chi connectivity index (χ1n) is 13.8. The minimum Gasteiger partial charge on any atom is -0.453 e. The molecule has 2 bridgehead atoms. The third-order valence-corrected chi connectivity index (χ3v) is 13.4. The van der Waals surface area contributed by atoms with Crippen molar-refractivity contribution in [2.45, 2.75) is 118 Å². The number of carbonyl (C=O) groups excluding carboxylic acids is 2. The van der Waals surface area contributed by atoms with E-state index in [2.05, 4.69) is 48.5 Å². The number of esters is 1. The van der Waals surface area contributed by atoms with Crippen molar-refractivity contribution < 1.29 is 19.4 Å². The zero-order valence-electron chi connectivity index (χ0n) is 22.3. The fraction of sp³-hybridized carbons (Fsp3) is 0.867. The lowest BCUT2D eigenvalue weighted by molar-refractivity contribution is -0.212. The summed E-state index contributed by atoms with van der Waals surface area (Å²) in [6.45, 7) is 16.0. The van der Waals surface area contributed by atoms with Crippen molar-refractivity contribution in [2.75, 3.05) is 0 Å². The summed E-state index contributed by atoms with van der Waals surface area (Å²) in [5, 5.41) is 10.9. The topological polar surface area (TPSA) is 63.6 Å². The molecule has 0 radical (unpaired) electrons. The lowest BCUT2D eigenvalue weighted by Crippen LogP contribution is -2.69. The average molecular weight is 469 g/mol. The number of aliphatic hydroxyl groups excluding tert-OH is 1. The maximum Gasteiger partial charge on any atom is 0.312 e. The minimum atomic E-state index is -0.631. The third kappa shape index (κ3) is 2.28. The Bertz CT molecular complexity index is 1030. The van der Waals surface area contributed by atoms with Crippen molar-refractivity contribution in [3.05, 3.63) is 11.6 Å². The van der Waals surface area contributed by atoms with E-state index in [1.54, 1.807) is 0 Å². The Kier molecular flexibility index (Phi) is 4.25. The van der Waals surface area contributed by atoms with Crippen LogP contribution in [-0.4, -0.2) is 28.6 Å². The maximum atomic E-state index is 14.3. The van der Waals surface area contributed by atoms with Gasteiger partial charge >= 0.3 is 5.97 Å². The number of allylic oxidation sites excluding steroid dienone is 1. The molecule has 188 valence electrons. The SMILES string of the molecule is CC12CCC3(C)CCC4(C)C(=CC(=O)C5C6(C)CCC(O)C(C)(C)C6CCC54C)C3(C1)OC2=O. The van der Waals surface area contributed by atoms with Gasteiger partial charge in [-0.05, 0) is 97.5 Å². The molecule has 1 aliphatic heterocycles. The summed E-state index contributed by atoms with van der Waals surface area (Å²) in [4.78, 5) is 27.5. The molecular weight excluding hydrogens is 424 g/mol. The normalized spacial score (nSPS) is 57.5. The number of aliphatic hydroxyl groups is 1. The third-order valence-electron chi connectivity index (χ3n) is 13.4. The standard InChI is InChI=1S/C30H44O4/c1-24(2)19-8-11-29(7)22(27(19,5)10-9-21(24)32)18(31)16-20-28(29,6)15-14-26(4)13-12-25(3)17-30(20,26)34-23(25)33/h16,19,21-22,32H,8-15,17H2,1-7H3. The summed E-state index contributed by atoms with van der Waals surface area (Å²) in [5.41, 5.74) is -0.643. The highest BCUT2D eigenvalue weighted by Gasteiger charge is 2.76. The molecule has 1 N–H and O–H groups in total. The van der Waals surface area contributed by atoms with Gasteiger partial charge in [-0.2, -0.15) is 0 Å². The second kappa shape index (κ2) is 6.21. The molecule has 0 aromatic heterocycles. The molecule has 4 nitrogen and oxygen atoms in total. The fourth-order valence-electron chi connectivity index (χ4n) is 10.9. The monoisotopic (exact) mass is 468 g/mol. The highest BCUT2D eigenvalue weighted by Crippen LogP contribution is 2.77. The van der Waals surface area contributed by atoms with Crippen LogP contribution in [0.25, 0.3) is 0 Å². The van der Waals surface area contributed by atoms with E-state index in [9.17, 15) is 14.7 Å². The molecule has 34 heavy (non-hydrogen) atoms. The molecule has 1 saturated heterocycles. The Balaban J connectivity index is 1.53. The van der Waals surface area contributed by atoms with Crippen molar-refractivity contribution in [2.24, 2.45) is 44.3 Å². The molecule has 9 atom stereocenters. The van der Waals surface area contributed by atoms with Crippen LogP contribution in [0.1, 0.15) is 106 Å². The van der Waals surface area contributed by atoms with Gasteiger partial charge in [0.05, 0.1) is 11.5 Å². The molecule has 6 rings (SSSR count). The van der Waals surface area contributed by atoms with Gasteiger partial charge in [0.15, 0.2) is 5.78 Å². The van der Waals surface area contributed by atoms with E-state index < -0.39 is 11.0 Å². The van der Waals surface area contributed by atoms with E-state index in [1.807, 2.05) is 6.08 Å². The number of hydrogen-bond donors (Lipinski definition) is 1. The van der Waals surface area contributed by atoms with E-state index in [0.717, 1.165) is 63.4 Å². The van der Waals surface area contributed by atoms with Crippen LogP contribution in [0.2, 0.25) is 0 Å². The average Bonchev–Trinajstić information content (AvgIpc) is 2.97. The van der Waals surface area contributed by atoms with Gasteiger partial charge in [-0.1, -0.05) is 41.5 Å². The van der Waals surface area contributed by atoms with Crippen LogP contribution < -0.4 is 0 Å². The molecule has 4 heteroatoms. The van der Waals surface area contributed by atoms with Crippen molar-refractivity contribution in [1.29, 1.82) is 0 Å². The van der Waals surface area contributed by atoms with Crippen LogP contribution in [0.5, 0.6) is 0 Å². The largest absolute Gasteiger partial charge is 0.453 e. The zero-order chi connectivity index (χ0) is 24.7. The van der Waals surface area contributed by atoms with E-state index in [-0.39, 0.29) is 50.8 Å². The van der Waals surface area contributed by atoms with Crippen molar-refractivity contribution >= 4 is 11.8 Å². The van der Waals surface area contributed by atoms with Crippen molar-refractivity contribution in [3.63, 3.8) is 0 Å². The first kappa shape index (κ1) is 23.3. The zero-order valence-corrected chi connectivity index (χ0v) is 22.3. The van der Waals surface area contributed by atoms with Crippen molar-refractivity contribution in [3.8, 4) is 0 Å². The molecule has 0 aromatic rings. The molecule has 6 aliphatic rings. The molecule has 9 unspecified atom stereocenters. The highest BCUT2D eigenvalue weighted by molar-refractivity contribution is 5.96. The van der Waals surface area contributed by atoms with E-state index in [1.165, 1.54) is 0 Å². The highest BCUT2D eigenvalue weighted by atomic mass is 16.6. The van der Waals surface area contributed by atoms with E-state index in [4.69, 9.17) is 4.74 Å². The Morgan fingerprint density at radius 1 is 0.882 bits per heavy atom. The minimum absolute atomic E-state index is 0.0490. The van der Waals surface area contributed by atoms with Gasteiger partial charge in [-0.15, -0.1) is 0 Å². The first-order valence-corrected chi connectivity index (χ1v) is 13.8. The number of ketones is 1. The van der Waals surface area contributed by atoms with Crippen LogP contribution in [0.4, 0.5) is 0 Å². The summed E-state index contributed by atoms with van der Waals surface area (Å²) in [5.74, 6) is 0.480. The predicted molar refractivity (Wildman–Crippen MR) is 131 cm³/mol. The van der Waals surface area contributed by atoms with Gasteiger partial charge in [0.25, 0.3) is 0 Å². The summed E-state index contributed by atoms with van der Waals surface area (Å²) >= 11 is 0. The smallest absolute Gasteiger partial charge is 0.312 e. The van der Waals surface area contributed by atoms with Gasteiger partial charge in [0, 0.05) is 17.8 Å². The predicted octanol–water partition coefficient (Wildman–Crippen LogP) is 6.01. The van der Waals surface area contributed by atoms with Crippen LogP contribution in [0, 0.1) is 44.3 Å². The van der Waals surface area contributed by atoms with E-state index in [0.29, 0.717) is 5.92 Å². The van der Waals surface area contributed by atoms with Crippen LogP contribution >= 0.6 is 0 Å². The van der Waals surface area contributed by atoms with Crippen LogP contribution in [-0.2, 0) is 14.3 Å². The molecule has 5 aliphatic carbocycles. The summed E-state index contributed by atoms with van der Waals surface area (Å²) in [6.07, 6.45) is 10.1. The molecular formula is C30H44O4. The Labute approximate surface area is 205 Å². The quantitative estimate of drug-likeness (QED) is 0.442. The molecule has 5 fully saturated rings. The van der Waals surface area contributed by atoms with Gasteiger partial charge in [0.2, 0.25) is 0 Å². The maximum absolute atomic E-state index is 14.3. The first-order chi connectivity index (χ1) is 15.6. The lowest BCUT2D eigenvalue weighted by Gasteiger charge is -2.71. The van der Waals surface area contributed by atoms with Gasteiger partial charge in [-0.25, -0.2) is 0 Å². The Morgan fingerprint density at radius 2 is 1.56 bits per heavy atom. The Morgan fingerprint density at radius 3 is 2.26 bits per heavy atom.